The Morgan fingerprint density at radius 2 is 1.70 bits per heavy atom. The number of phenolic OH excluding ortho intramolecular Hbond substituents is 2. The van der Waals surface area contributed by atoms with E-state index < -0.39 is 5.60 Å². The molecule has 2 saturated carbocycles. The van der Waals surface area contributed by atoms with Crippen molar-refractivity contribution in [2.75, 3.05) is 34.4 Å². The summed E-state index contributed by atoms with van der Waals surface area (Å²) >= 11 is 0. The van der Waals surface area contributed by atoms with Crippen LogP contribution in [0.3, 0.4) is 0 Å². The normalized spacial score (nSPS) is 32.4. The molecule has 2 aromatic carbocycles. The van der Waals surface area contributed by atoms with E-state index in [4.69, 9.17) is 9.47 Å². The van der Waals surface area contributed by atoms with Gasteiger partial charge in [0, 0.05) is 35.8 Å². The molecule has 4 aliphatic rings. The highest BCUT2D eigenvalue weighted by Crippen LogP contribution is 2.66. The minimum Gasteiger partial charge on any atom is -0.504 e. The van der Waals surface area contributed by atoms with Gasteiger partial charge in [0.15, 0.2) is 23.0 Å². The van der Waals surface area contributed by atoms with Crippen LogP contribution in [0.5, 0.6) is 23.0 Å². The fraction of sp³-hybridized carbons (Fsp3) is 0.579. The van der Waals surface area contributed by atoms with Gasteiger partial charge in [-0.2, -0.15) is 0 Å². The minimum atomic E-state index is -0.759. The van der Waals surface area contributed by atoms with E-state index in [9.17, 15) is 15.3 Å². The number of nitrogens with zero attached hydrogens (tertiary/aromatic N) is 1. The lowest BCUT2D eigenvalue weighted by Crippen LogP contribution is -2.55. The molecule has 44 heavy (non-hydrogen) atoms. The number of quaternary nitrogens is 1. The maximum absolute atomic E-state index is 12.6. The molecule has 2 fully saturated rings. The molecule has 6 nitrogen and oxygen atoms in total. The standard InChI is InChI=1S/C38H51NO5/c1-36-18-7-6-8-27(36)10-12-29-30(36)15-19-37(2)31(29)16-20-38(37,42)21-23-39(3,28-11-13-32(40)33(41)25-28)22-17-26-9-14-34(43-4)35(24-26)44-5/h8-9,11,13-15,24-25,29,31,42H,6-7,10,12,16-23H2,1-5H3,(H-,40,41)/p+1/t29-,31+,36+,37+,38+,39?/m1/s1. The number of likely N-dealkylation sites (N-methyl/N-ethyl adjacent to an activating group) is 1. The first-order valence-electron chi connectivity index (χ1n) is 16.7. The summed E-state index contributed by atoms with van der Waals surface area (Å²) in [5.74, 6) is 2.26. The zero-order valence-electron chi connectivity index (χ0n) is 27.4. The summed E-state index contributed by atoms with van der Waals surface area (Å²) in [5, 5.41) is 33.1. The van der Waals surface area contributed by atoms with Crippen molar-refractivity contribution < 1.29 is 24.8 Å². The third-order valence-electron chi connectivity index (χ3n) is 12.7. The van der Waals surface area contributed by atoms with E-state index in [2.05, 4.69) is 39.1 Å². The number of fused-ring (bicyclic) bond motifs is 5. The Balaban J connectivity index is 1.26. The Bertz CT molecular complexity index is 1470. The molecular weight excluding hydrogens is 550 g/mol. The molecule has 3 N–H and O–H groups in total. The number of ether oxygens (including phenoxy) is 2. The first kappa shape index (κ1) is 31.0. The Morgan fingerprint density at radius 3 is 2.45 bits per heavy atom. The monoisotopic (exact) mass is 602 g/mol. The summed E-state index contributed by atoms with van der Waals surface area (Å²) in [5.41, 5.74) is 4.72. The van der Waals surface area contributed by atoms with E-state index in [1.54, 1.807) is 37.5 Å². The van der Waals surface area contributed by atoms with Crippen LogP contribution in [0.15, 0.2) is 59.7 Å². The smallest absolute Gasteiger partial charge is 0.163 e. The van der Waals surface area contributed by atoms with Crippen molar-refractivity contribution in [3.8, 4) is 23.0 Å². The quantitative estimate of drug-likeness (QED) is 0.156. The van der Waals surface area contributed by atoms with Gasteiger partial charge in [-0.25, -0.2) is 0 Å². The second-order valence-electron chi connectivity index (χ2n) is 14.8. The highest BCUT2D eigenvalue weighted by Gasteiger charge is 2.61. The molecule has 238 valence electrons. The van der Waals surface area contributed by atoms with Gasteiger partial charge in [0.05, 0.1) is 40.0 Å². The Morgan fingerprint density at radius 1 is 0.909 bits per heavy atom. The third kappa shape index (κ3) is 5.02. The highest BCUT2D eigenvalue weighted by atomic mass is 16.5. The van der Waals surface area contributed by atoms with E-state index >= 15 is 0 Å². The summed E-state index contributed by atoms with van der Waals surface area (Å²) in [6.45, 7) is 6.35. The Labute approximate surface area is 263 Å². The number of methoxy groups -OCH3 is 2. The van der Waals surface area contributed by atoms with Gasteiger partial charge >= 0.3 is 0 Å². The summed E-state index contributed by atoms with van der Waals surface area (Å²) < 4.78 is 11.5. The molecule has 0 aromatic heterocycles. The topological polar surface area (TPSA) is 79.2 Å². The van der Waals surface area contributed by atoms with Crippen molar-refractivity contribution in [2.24, 2.45) is 22.7 Å². The van der Waals surface area contributed by atoms with Crippen LogP contribution in [0.1, 0.15) is 77.2 Å². The predicted molar refractivity (Wildman–Crippen MR) is 176 cm³/mol. The molecule has 6 atom stereocenters. The lowest BCUT2D eigenvalue weighted by molar-refractivity contribution is -0.0894. The van der Waals surface area contributed by atoms with Crippen LogP contribution in [0.4, 0.5) is 5.69 Å². The lowest BCUT2D eigenvalue weighted by Gasteiger charge is -2.55. The average Bonchev–Trinajstić information content (AvgIpc) is 3.30. The Kier molecular flexibility index (Phi) is 8.07. The van der Waals surface area contributed by atoms with Gasteiger partial charge in [-0.3, -0.25) is 4.48 Å². The van der Waals surface area contributed by atoms with Gasteiger partial charge in [0.1, 0.15) is 5.69 Å². The highest BCUT2D eigenvalue weighted by molar-refractivity contribution is 5.53. The summed E-state index contributed by atoms with van der Waals surface area (Å²) in [7, 11) is 5.48. The first-order chi connectivity index (χ1) is 21.0. The van der Waals surface area contributed by atoms with E-state index in [1.165, 1.54) is 32.1 Å². The molecule has 0 bridgehead atoms. The number of allylic oxidation sites excluding steroid dienone is 4. The van der Waals surface area contributed by atoms with Crippen LogP contribution >= 0.6 is 0 Å². The fourth-order valence-corrected chi connectivity index (χ4v) is 9.62. The number of benzene rings is 2. The van der Waals surface area contributed by atoms with Crippen molar-refractivity contribution in [3.63, 3.8) is 0 Å². The van der Waals surface area contributed by atoms with Crippen molar-refractivity contribution in [2.45, 2.75) is 83.7 Å². The second-order valence-corrected chi connectivity index (χ2v) is 14.8. The minimum absolute atomic E-state index is 0.114. The van der Waals surface area contributed by atoms with E-state index in [-0.39, 0.29) is 22.3 Å². The summed E-state index contributed by atoms with van der Waals surface area (Å²) in [6.07, 6.45) is 15.6. The van der Waals surface area contributed by atoms with Gasteiger partial charge in [-0.15, -0.1) is 0 Å². The number of hydrogen-bond acceptors (Lipinski definition) is 5. The molecular formula is C38H52NO5+. The van der Waals surface area contributed by atoms with Crippen LogP contribution in [0.25, 0.3) is 0 Å². The molecule has 6 rings (SSSR count). The molecule has 0 spiro atoms. The van der Waals surface area contributed by atoms with Crippen LogP contribution < -0.4 is 14.0 Å². The van der Waals surface area contributed by atoms with Crippen LogP contribution in [-0.4, -0.2) is 55.3 Å². The molecule has 0 aliphatic heterocycles. The van der Waals surface area contributed by atoms with Gasteiger partial charge in [-0.1, -0.05) is 43.2 Å². The number of rotatable bonds is 9. The molecule has 4 aliphatic carbocycles. The SMILES string of the molecule is COc1ccc(CC[N+](C)(CC[C@@]2(O)CC[C@H]3[C@@H]4CCC5=CCCC[C@]5(C)C4=CC[C@@]32C)c2ccc(O)c(O)c2)cc1OC. The third-order valence-corrected chi connectivity index (χ3v) is 12.7. The van der Waals surface area contributed by atoms with Gasteiger partial charge in [-0.05, 0) is 87.0 Å². The van der Waals surface area contributed by atoms with E-state index in [1.807, 2.05) is 18.2 Å². The zero-order valence-corrected chi connectivity index (χ0v) is 27.4. The summed E-state index contributed by atoms with van der Waals surface area (Å²) in [6, 6.07) is 11.2. The molecule has 2 aromatic rings. The van der Waals surface area contributed by atoms with Gasteiger partial charge in [0.2, 0.25) is 0 Å². The second kappa shape index (κ2) is 11.4. The van der Waals surface area contributed by atoms with Gasteiger partial charge < -0.3 is 24.8 Å². The van der Waals surface area contributed by atoms with E-state index in [0.717, 1.165) is 50.0 Å². The maximum atomic E-state index is 12.6. The zero-order chi connectivity index (χ0) is 31.3. The van der Waals surface area contributed by atoms with Crippen molar-refractivity contribution in [1.29, 1.82) is 0 Å². The average molecular weight is 603 g/mol. The molecule has 1 unspecified atom stereocenters. The van der Waals surface area contributed by atoms with Crippen molar-refractivity contribution >= 4 is 5.69 Å². The number of aromatic hydroxyl groups is 2. The Hall–Kier alpha value is -2.96. The molecule has 0 radical (unpaired) electrons. The lowest BCUT2D eigenvalue weighted by atomic mass is 9.50. The summed E-state index contributed by atoms with van der Waals surface area (Å²) in [4.78, 5) is 0. The van der Waals surface area contributed by atoms with Crippen LogP contribution in [0, 0.1) is 22.7 Å². The molecule has 0 heterocycles. The largest absolute Gasteiger partial charge is 0.504 e. The molecule has 6 heteroatoms. The fourth-order valence-electron chi connectivity index (χ4n) is 9.62. The number of aliphatic hydroxyl groups is 1. The molecule has 0 saturated heterocycles. The number of phenols is 2. The van der Waals surface area contributed by atoms with Gasteiger partial charge in [0.25, 0.3) is 0 Å². The van der Waals surface area contributed by atoms with Crippen molar-refractivity contribution in [3.05, 3.63) is 65.3 Å². The predicted octanol–water partition coefficient (Wildman–Crippen LogP) is 7.69. The first-order valence-corrected chi connectivity index (χ1v) is 16.7. The maximum Gasteiger partial charge on any atom is 0.163 e. The van der Waals surface area contributed by atoms with E-state index in [0.29, 0.717) is 34.2 Å². The number of hydrogen-bond donors (Lipinski definition) is 3. The van der Waals surface area contributed by atoms with Crippen LogP contribution in [-0.2, 0) is 6.42 Å². The molecule has 0 amide bonds. The van der Waals surface area contributed by atoms with Crippen molar-refractivity contribution in [1.82, 2.24) is 4.48 Å². The van der Waals surface area contributed by atoms with Crippen LogP contribution in [0.2, 0.25) is 0 Å².